The number of carbonyl (C=O) groups is 1. The lowest BCUT2D eigenvalue weighted by Crippen LogP contribution is -2.42. The topological polar surface area (TPSA) is 38.3 Å². The number of carbonyl (C=O) groups excluding carboxylic acids is 1. The molecule has 1 N–H and O–H groups in total. The van der Waals surface area contributed by atoms with Gasteiger partial charge in [0.05, 0.1) is 10.9 Å². The number of methoxy groups -OCH3 is 1. The van der Waals surface area contributed by atoms with Crippen molar-refractivity contribution in [3.63, 3.8) is 0 Å². The predicted molar refractivity (Wildman–Crippen MR) is 74.2 cm³/mol. The lowest BCUT2D eigenvalue weighted by molar-refractivity contribution is -0.144. The van der Waals surface area contributed by atoms with E-state index < -0.39 is 0 Å². The molecule has 1 aromatic heterocycles. The highest BCUT2D eigenvalue weighted by molar-refractivity contribution is 9.11. The van der Waals surface area contributed by atoms with Crippen LogP contribution >= 0.6 is 27.3 Å². The monoisotopic (exact) mass is 319 g/mol. The Kier molecular flexibility index (Phi) is 5.62. The van der Waals surface area contributed by atoms with Crippen molar-refractivity contribution in [2.45, 2.75) is 32.9 Å². The molecule has 0 saturated heterocycles. The van der Waals surface area contributed by atoms with Crippen LogP contribution in [-0.4, -0.2) is 19.1 Å². The van der Waals surface area contributed by atoms with E-state index in [0.717, 1.165) is 3.79 Å². The zero-order chi connectivity index (χ0) is 13.0. The Labute approximate surface area is 115 Å². The first-order chi connectivity index (χ1) is 7.95. The lowest BCUT2D eigenvalue weighted by Gasteiger charge is -2.23. The fraction of sp³-hybridized carbons (Fsp3) is 0.583. The van der Waals surface area contributed by atoms with Crippen molar-refractivity contribution >= 4 is 33.2 Å². The van der Waals surface area contributed by atoms with E-state index in [1.807, 2.05) is 19.9 Å². The van der Waals surface area contributed by atoms with Crippen molar-refractivity contribution in [1.29, 1.82) is 0 Å². The summed E-state index contributed by atoms with van der Waals surface area (Å²) in [5.74, 6) is -0.00391. The van der Waals surface area contributed by atoms with E-state index in [0.29, 0.717) is 0 Å². The highest BCUT2D eigenvalue weighted by atomic mass is 79.9. The minimum Gasteiger partial charge on any atom is -0.468 e. The Bertz CT molecular complexity index is 378. The maximum absolute atomic E-state index is 11.6. The molecule has 0 radical (unpaired) electrons. The van der Waals surface area contributed by atoms with Gasteiger partial charge in [-0.05, 0) is 40.9 Å². The van der Waals surface area contributed by atoms with Gasteiger partial charge in [0.25, 0.3) is 0 Å². The Morgan fingerprint density at radius 2 is 2.06 bits per heavy atom. The zero-order valence-corrected chi connectivity index (χ0v) is 12.9. The Hall–Kier alpha value is -0.390. The van der Waals surface area contributed by atoms with E-state index in [-0.39, 0.29) is 24.0 Å². The van der Waals surface area contributed by atoms with Gasteiger partial charge in [-0.2, -0.15) is 0 Å². The third-order valence-corrected chi connectivity index (χ3v) is 4.38. The molecule has 1 aromatic rings. The number of thiophene rings is 1. The van der Waals surface area contributed by atoms with Crippen LogP contribution in [0.4, 0.5) is 0 Å². The Balaban J connectivity index is 2.70. The summed E-state index contributed by atoms with van der Waals surface area (Å²) in [6.45, 7) is 6.06. The first-order valence-electron chi connectivity index (χ1n) is 5.54. The van der Waals surface area contributed by atoms with Crippen molar-refractivity contribution in [3.8, 4) is 0 Å². The summed E-state index contributed by atoms with van der Waals surface area (Å²) in [4.78, 5) is 12.8. The van der Waals surface area contributed by atoms with Crippen LogP contribution in [0.15, 0.2) is 15.9 Å². The molecule has 96 valence electrons. The van der Waals surface area contributed by atoms with Gasteiger partial charge in [0, 0.05) is 10.9 Å². The molecular weight excluding hydrogens is 302 g/mol. The van der Waals surface area contributed by atoms with Gasteiger partial charge in [-0.3, -0.25) is 10.1 Å². The Morgan fingerprint density at radius 3 is 2.47 bits per heavy atom. The molecule has 1 unspecified atom stereocenters. The van der Waals surface area contributed by atoms with Crippen molar-refractivity contribution < 1.29 is 9.53 Å². The second kappa shape index (κ2) is 6.52. The molecule has 0 aliphatic rings. The quantitative estimate of drug-likeness (QED) is 0.846. The van der Waals surface area contributed by atoms with Crippen LogP contribution in [0.5, 0.6) is 0 Å². The van der Waals surface area contributed by atoms with Crippen LogP contribution in [-0.2, 0) is 9.53 Å². The fourth-order valence-electron chi connectivity index (χ4n) is 1.57. The summed E-state index contributed by atoms with van der Waals surface area (Å²) >= 11 is 5.11. The van der Waals surface area contributed by atoms with Crippen LogP contribution in [0.1, 0.15) is 31.7 Å². The van der Waals surface area contributed by atoms with E-state index in [1.165, 1.54) is 12.0 Å². The fourth-order valence-corrected chi connectivity index (χ4v) is 3.01. The molecule has 0 aliphatic carbocycles. The standard InChI is InChI=1S/C12H18BrNO2S/c1-7(2)11(12(15)16-4)14-8(3)9-5-6-10(13)17-9/h5-8,11,14H,1-4H3/t8?,11-/m0/s1. The first kappa shape index (κ1) is 14.7. The number of hydrogen-bond donors (Lipinski definition) is 1. The van der Waals surface area contributed by atoms with E-state index >= 15 is 0 Å². The normalized spacial score (nSPS) is 14.7. The van der Waals surface area contributed by atoms with E-state index in [4.69, 9.17) is 4.74 Å². The summed E-state index contributed by atoms with van der Waals surface area (Å²) in [5, 5.41) is 3.31. The van der Waals surface area contributed by atoms with Gasteiger partial charge in [-0.25, -0.2) is 0 Å². The van der Waals surface area contributed by atoms with Crippen molar-refractivity contribution in [2.75, 3.05) is 7.11 Å². The second-order valence-corrected chi connectivity index (χ2v) is 6.77. The maximum Gasteiger partial charge on any atom is 0.323 e. The smallest absolute Gasteiger partial charge is 0.323 e. The summed E-state index contributed by atoms with van der Waals surface area (Å²) < 4.78 is 5.91. The zero-order valence-electron chi connectivity index (χ0n) is 10.5. The van der Waals surface area contributed by atoms with Crippen LogP contribution < -0.4 is 5.32 Å². The minimum atomic E-state index is -0.268. The van der Waals surface area contributed by atoms with Gasteiger partial charge < -0.3 is 4.74 Å². The van der Waals surface area contributed by atoms with E-state index in [2.05, 4.69) is 34.2 Å². The number of esters is 1. The molecule has 0 fully saturated rings. The van der Waals surface area contributed by atoms with Gasteiger partial charge in [0.2, 0.25) is 0 Å². The molecular formula is C12H18BrNO2S. The van der Waals surface area contributed by atoms with Crippen molar-refractivity contribution in [3.05, 3.63) is 20.8 Å². The molecule has 5 heteroatoms. The molecule has 1 heterocycles. The third-order valence-electron chi connectivity index (χ3n) is 2.57. The molecule has 0 aliphatic heterocycles. The molecule has 0 spiro atoms. The molecule has 0 aromatic carbocycles. The molecule has 17 heavy (non-hydrogen) atoms. The van der Waals surface area contributed by atoms with Gasteiger partial charge in [0.15, 0.2) is 0 Å². The average Bonchev–Trinajstić information content (AvgIpc) is 2.71. The third kappa shape index (κ3) is 4.08. The number of hydrogen-bond acceptors (Lipinski definition) is 4. The molecule has 0 amide bonds. The number of ether oxygens (including phenoxy) is 1. The van der Waals surface area contributed by atoms with Gasteiger partial charge in [0.1, 0.15) is 6.04 Å². The SMILES string of the molecule is COC(=O)[C@@H](NC(C)c1ccc(Br)s1)C(C)C. The predicted octanol–water partition coefficient (Wildman–Crippen LogP) is 3.36. The van der Waals surface area contributed by atoms with Gasteiger partial charge >= 0.3 is 5.97 Å². The highest BCUT2D eigenvalue weighted by Crippen LogP contribution is 2.27. The number of halogens is 1. The summed E-state index contributed by atoms with van der Waals surface area (Å²) in [7, 11) is 1.42. The van der Waals surface area contributed by atoms with Crippen LogP contribution in [0.3, 0.4) is 0 Å². The highest BCUT2D eigenvalue weighted by Gasteiger charge is 2.25. The first-order valence-corrected chi connectivity index (χ1v) is 7.15. The molecule has 3 nitrogen and oxygen atoms in total. The maximum atomic E-state index is 11.6. The lowest BCUT2D eigenvalue weighted by atomic mass is 10.0. The number of nitrogens with one attached hydrogen (secondary N) is 1. The summed E-state index contributed by atoms with van der Waals surface area (Å²) in [6.07, 6.45) is 0. The minimum absolute atomic E-state index is 0.137. The molecule has 0 bridgehead atoms. The molecule has 2 atom stereocenters. The van der Waals surface area contributed by atoms with Crippen LogP contribution in [0.25, 0.3) is 0 Å². The molecule has 0 saturated carbocycles. The summed E-state index contributed by atoms with van der Waals surface area (Å²) in [6, 6.07) is 3.94. The van der Waals surface area contributed by atoms with Gasteiger partial charge in [-0.15, -0.1) is 11.3 Å². The number of rotatable bonds is 5. The van der Waals surface area contributed by atoms with Crippen LogP contribution in [0, 0.1) is 5.92 Å². The largest absolute Gasteiger partial charge is 0.468 e. The van der Waals surface area contributed by atoms with Crippen molar-refractivity contribution in [2.24, 2.45) is 5.92 Å². The average molecular weight is 320 g/mol. The summed E-state index contributed by atoms with van der Waals surface area (Å²) in [5.41, 5.74) is 0. The molecule has 1 rings (SSSR count). The van der Waals surface area contributed by atoms with E-state index in [9.17, 15) is 4.79 Å². The second-order valence-electron chi connectivity index (χ2n) is 4.28. The van der Waals surface area contributed by atoms with Crippen molar-refractivity contribution in [1.82, 2.24) is 5.32 Å². The van der Waals surface area contributed by atoms with Crippen LogP contribution in [0.2, 0.25) is 0 Å². The Morgan fingerprint density at radius 1 is 1.41 bits per heavy atom. The van der Waals surface area contributed by atoms with Gasteiger partial charge in [-0.1, -0.05) is 13.8 Å². The van der Waals surface area contributed by atoms with E-state index in [1.54, 1.807) is 11.3 Å².